The molecule has 0 saturated heterocycles. The van der Waals surface area contributed by atoms with Crippen LogP contribution in [0.4, 0.5) is 0 Å². The van der Waals surface area contributed by atoms with Crippen LogP contribution in [0.2, 0.25) is 24.0 Å². The Balaban J connectivity index is 1.67. The fourth-order valence-electron chi connectivity index (χ4n) is 5.38. The predicted octanol–water partition coefficient (Wildman–Crippen LogP) is 4.20. The van der Waals surface area contributed by atoms with Crippen LogP contribution in [0.15, 0.2) is 89.8 Å². The third-order valence-electron chi connectivity index (χ3n) is 7.48. The standard InChI is InChI=1S/C28H34O3SSeSi/c1-21-14-16-22(17-15-21)32(30,31)19-25-26(20-33-23-10-6-4-7-11-23)27(29)18-28(25)34(2,3)24-12-8-5-9-13-24/h4-17,25-29H,18-20H2,1-3H3/t25-,26+,27-,28-/m0/s1. The molecule has 4 atom stereocenters. The Kier molecular flexibility index (Phi) is 7.85. The summed E-state index contributed by atoms with van der Waals surface area (Å²) in [5.41, 5.74) is 1.26. The molecule has 0 unspecified atom stereocenters. The Bertz CT molecular complexity index is 1180. The molecule has 1 saturated carbocycles. The summed E-state index contributed by atoms with van der Waals surface area (Å²) in [5, 5.41) is 13.5. The van der Waals surface area contributed by atoms with Gasteiger partial charge in [-0.15, -0.1) is 0 Å². The van der Waals surface area contributed by atoms with Gasteiger partial charge in [0.2, 0.25) is 0 Å². The molecule has 3 aromatic rings. The van der Waals surface area contributed by atoms with Crippen LogP contribution < -0.4 is 9.65 Å². The maximum atomic E-state index is 13.6. The molecule has 0 aliphatic heterocycles. The Morgan fingerprint density at radius 3 is 2.09 bits per heavy atom. The zero-order valence-corrected chi connectivity index (χ0v) is 23.6. The van der Waals surface area contributed by atoms with Gasteiger partial charge in [0.25, 0.3) is 0 Å². The zero-order valence-electron chi connectivity index (χ0n) is 20.1. The topological polar surface area (TPSA) is 54.4 Å². The number of hydrogen-bond acceptors (Lipinski definition) is 3. The van der Waals surface area contributed by atoms with Crippen molar-refractivity contribution in [3.63, 3.8) is 0 Å². The molecular formula is C28H34O3SSeSi. The molecular weight excluding hydrogens is 523 g/mol. The minimum atomic E-state index is -3.46. The molecule has 34 heavy (non-hydrogen) atoms. The second kappa shape index (κ2) is 10.5. The quantitative estimate of drug-likeness (QED) is 0.423. The van der Waals surface area contributed by atoms with Gasteiger partial charge in [0, 0.05) is 0 Å². The Morgan fingerprint density at radius 1 is 0.882 bits per heavy atom. The monoisotopic (exact) mass is 558 g/mol. The van der Waals surface area contributed by atoms with Gasteiger partial charge in [0.15, 0.2) is 0 Å². The number of sulfone groups is 1. The van der Waals surface area contributed by atoms with Gasteiger partial charge in [0.05, 0.1) is 0 Å². The molecule has 0 heterocycles. The first-order chi connectivity index (χ1) is 16.2. The van der Waals surface area contributed by atoms with Crippen molar-refractivity contribution in [1.82, 2.24) is 0 Å². The van der Waals surface area contributed by atoms with E-state index in [1.165, 1.54) is 9.65 Å². The van der Waals surface area contributed by atoms with Crippen molar-refractivity contribution in [2.24, 2.45) is 11.8 Å². The van der Waals surface area contributed by atoms with E-state index in [4.69, 9.17) is 0 Å². The normalized spacial score (nSPS) is 23.2. The molecule has 0 bridgehead atoms. The average Bonchev–Trinajstić information content (AvgIpc) is 3.14. The van der Waals surface area contributed by atoms with Crippen molar-refractivity contribution in [2.75, 3.05) is 5.75 Å². The Hall–Kier alpha value is -1.69. The van der Waals surface area contributed by atoms with Gasteiger partial charge in [-0.25, -0.2) is 0 Å². The zero-order chi connectivity index (χ0) is 24.3. The first-order valence-electron chi connectivity index (χ1n) is 11.9. The van der Waals surface area contributed by atoms with E-state index < -0.39 is 24.0 Å². The van der Waals surface area contributed by atoms with Crippen molar-refractivity contribution in [3.8, 4) is 0 Å². The molecule has 6 heteroatoms. The third kappa shape index (κ3) is 5.58. The van der Waals surface area contributed by atoms with Gasteiger partial charge in [-0.3, -0.25) is 0 Å². The van der Waals surface area contributed by atoms with Crippen LogP contribution in [0.3, 0.4) is 0 Å². The number of hydrogen-bond donors (Lipinski definition) is 1. The van der Waals surface area contributed by atoms with Gasteiger partial charge in [-0.05, 0) is 0 Å². The van der Waals surface area contributed by atoms with E-state index in [2.05, 4.69) is 61.6 Å². The number of aryl methyl sites for hydroxylation is 1. The second-order valence-electron chi connectivity index (χ2n) is 10.0. The van der Waals surface area contributed by atoms with Gasteiger partial charge < -0.3 is 0 Å². The molecule has 0 spiro atoms. The van der Waals surface area contributed by atoms with E-state index >= 15 is 0 Å². The molecule has 180 valence electrons. The fraction of sp³-hybridized carbons (Fsp3) is 0.357. The Morgan fingerprint density at radius 2 is 1.47 bits per heavy atom. The summed E-state index contributed by atoms with van der Waals surface area (Å²) in [7, 11) is -5.49. The van der Waals surface area contributed by atoms with E-state index in [-0.39, 0.29) is 38.1 Å². The SMILES string of the molecule is Cc1ccc(S(=O)(=O)C[C@H]2[C@@H](C[Se]c3ccccc3)[C@@H](O)C[C@@H]2[Si](C)(C)c2ccccc2)cc1. The van der Waals surface area contributed by atoms with E-state index in [0.717, 1.165) is 10.9 Å². The van der Waals surface area contributed by atoms with E-state index in [0.29, 0.717) is 11.3 Å². The molecule has 3 nitrogen and oxygen atoms in total. The van der Waals surface area contributed by atoms with Crippen molar-refractivity contribution in [3.05, 3.63) is 90.5 Å². The molecule has 4 rings (SSSR count). The first-order valence-corrected chi connectivity index (χ1v) is 18.7. The summed E-state index contributed by atoms with van der Waals surface area (Å²) in [6.45, 7) is 6.65. The molecule has 1 N–H and O–H groups in total. The molecule has 0 aromatic heterocycles. The van der Waals surface area contributed by atoms with Crippen molar-refractivity contribution < 1.29 is 13.5 Å². The van der Waals surface area contributed by atoms with Crippen LogP contribution in [0.5, 0.6) is 0 Å². The van der Waals surface area contributed by atoms with Crippen LogP contribution >= 0.6 is 0 Å². The second-order valence-corrected chi connectivity index (χ2v) is 19.1. The predicted molar refractivity (Wildman–Crippen MR) is 145 cm³/mol. The summed E-state index contributed by atoms with van der Waals surface area (Å²) in [5.74, 6) is 0.0611. The number of benzene rings is 3. The summed E-state index contributed by atoms with van der Waals surface area (Å²) >= 11 is 0.201. The maximum absolute atomic E-state index is 13.6. The third-order valence-corrected chi connectivity index (χ3v) is 16.1. The van der Waals surface area contributed by atoms with E-state index in [1.807, 2.05) is 31.2 Å². The Labute approximate surface area is 211 Å². The summed E-state index contributed by atoms with van der Waals surface area (Å²) in [6, 6.07) is 28.1. The average molecular weight is 558 g/mol. The van der Waals surface area contributed by atoms with Crippen LogP contribution in [0.25, 0.3) is 0 Å². The number of rotatable bonds is 8. The first kappa shape index (κ1) is 25.4. The summed E-state index contributed by atoms with van der Waals surface area (Å²) in [6.07, 6.45) is 0.238. The number of aliphatic hydroxyl groups excluding tert-OH is 1. The van der Waals surface area contributed by atoms with E-state index in [9.17, 15) is 13.5 Å². The molecule has 3 aromatic carbocycles. The van der Waals surface area contributed by atoms with Crippen LogP contribution in [0, 0.1) is 18.8 Å². The van der Waals surface area contributed by atoms with Crippen LogP contribution in [0.1, 0.15) is 12.0 Å². The molecule has 0 radical (unpaired) electrons. The van der Waals surface area contributed by atoms with Crippen molar-refractivity contribution in [2.45, 2.75) is 48.3 Å². The van der Waals surface area contributed by atoms with Crippen LogP contribution in [-0.2, 0) is 9.84 Å². The minimum absolute atomic E-state index is 0.000849. The van der Waals surface area contributed by atoms with Crippen molar-refractivity contribution >= 4 is 42.5 Å². The van der Waals surface area contributed by atoms with Crippen molar-refractivity contribution in [1.29, 1.82) is 0 Å². The summed E-state index contributed by atoms with van der Waals surface area (Å²) < 4.78 is 28.4. The molecule has 1 aliphatic carbocycles. The van der Waals surface area contributed by atoms with Gasteiger partial charge in [-0.2, -0.15) is 0 Å². The van der Waals surface area contributed by atoms with Gasteiger partial charge in [-0.1, -0.05) is 0 Å². The molecule has 1 aliphatic rings. The van der Waals surface area contributed by atoms with Gasteiger partial charge >= 0.3 is 212 Å². The summed E-state index contributed by atoms with van der Waals surface area (Å²) in [4.78, 5) is 0.393. The van der Waals surface area contributed by atoms with E-state index in [1.54, 1.807) is 12.1 Å². The fourth-order valence-corrected chi connectivity index (χ4v) is 13.6. The molecule has 0 amide bonds. The number of aliphatic hydroxyl groups is 1. The van der Waals surface area contributed by atoms with Crippen LogP contribution in [-0.4, -0.2) is 48.4 Å². The van der Waals surface area contributed by atoms with Gasteiger partial charge in [0.1, 0.15) is 0 Å². The molecule has 1 fully saturated rings.